The van der Waals surface area contributed by atoms with Crippen LogP contribution < -0.4 is 0 Å². The van der Waals surface area contributed by atoms with E-state index >= 15 is 4.39 Å². The van der Waals surface area contributed by atoms with Crippen molar-refractivity contribution in [3.05, 3.63) is 93.9 Å². The number of allylic oxidation sites excluding steroid dienone is 1. The van der Waals surface area contributed by atoms with Crippen LogP contribution in [0.3, 0.4) is 0 Å². The Bertz CT molecular complexity index is 1820. The third-order valence-corrected chi connectivity index (χ3v) is 9.31. The summed E-state index contributed by atoms with van der Waals surface area (Å²) in [6.07, 6.45) is -3.10. The van der Waals surface area contributed by atoms with Crippen LogP contribution in [0, 0.1) is 11.7 Å². The molecule has 1 unspecified atom stereocenters. The lowest BCUT2D eigenvalue weighted by atomic mass is 9.89. The molecular formula is C32H29ClF4N6O4. The molecule has 0 radical (unpaired) electrons. The van der Waals surface area contributed by atoms with Crippen LogP contribution in [0.2, 0.25) is 5.02 Å². The van der Waals surface area contributed by atoms with Crippen LogP contribution >= 0.6 is 11.6 Å². The Morgan fingerprint density at radius 2 is 1.87 bits per heavy atom. The first-order chi connectivity index (χ1) is 22.3. The number of carbonyl (C=O) groups is 3. The largest absolute Gasteiger partial charge is 0.478 e. The van der Waals surface area contributed by atoms with E-state index in [4.69, 9.17) is 11.6 Å². The van der Waals surface area contributed by atoms with Crippen molar-refractivity contribution < 1.29 is 37.1 Å². The second-order valence-corrected chi connectivity index (χ2v) is 12.3. The predicted octanol–water partition coefficient (Wildman–Crippen LogP) is 5.96. The number of carboxylic acid groups (broad SMARTS) is 1. The molecule has 1 N–H and O–H groups in total. The van der Waals surface area contributed by atoms with Crippen LogP contribution in [-0.4, -0.2) is 66.0 Å². The van der Waals surface area contributed by atoms with Gasteiger partial charge in [0.2, 0.25) is 5.91 Å². The van der Waals surface area contributed by atoms with Gasteiger partial charge < -0.3 is 10.0 Å². The van der Waals surface area contributed by atoms with Gasteiger partial charge in [-0.25, -0.2) is 23.9 Å². The minimum Gasteiger partial charge on any atom is -0.478 e. The molecule has 0 spiro atoms. The number of hydrazone groups is 1. The van der Waals surface area contributed by atoms with E-state index in [0.29, 0.717) is 31.8 Å². The zero-order valence-electron chi connectivity index (χ0n) is 24.9. The molecule has 1 aliphatic carbocycles. The number of amides is 2. The first kappa shape index (κ1) is 32.4. The van der Waals surface area contributed by atoms with Gasteiger partial charge >= 0.3 is 12.1 Å². The number of alkyl halides is 3. The van der Waals surface area contributed by atoms with Gasteiger partial charge in [-0.05, 0) is 61.9 Å². The van der Waals surface area contributed by atoms with Gasteiger partial charge in [0.1, 0.15) is 18.0 Å². The number of aromatic carboxylic acids is 1. The number of benzene rings is 2. The Balaban J connectivity index is 1.40. The molecule has 2 amide bonds. The maximum Gasteiger partial charge on any atom is 0.398 e. The fraction of sp³-hybridized carbons (Fsp3) is 0.375. The highest BCUT2D eigenvalue weighted by molar-refractivity contribution is 6.34. The Hall–Kier alpha value is -4.59. The van der Waals surface area contributed by atoms with Gasteiger partial charge in [-0.1, -0.05) is 30.3 Å². The van der Waals surface area contributed by atoms with Gasteiger partial charge in [-0.2, -0.15) is 23.4 Å². The zero-order chi connectivity index (χ0) is 33.7. The lowest BCUT2D eigenvalue weighted by molar-refractivity contribution is -0.160. The summed E-state index contributed by atoms with van der Waals surface area (Å²) >= 11 is 6.44. The number of carbonyl (C=O) groups excluding carboxylic acids is 2. The third-order valence-electron chi connectivity index (χ3n) is 8.99. The highest BCUT2D eigenvalue weighted by Crippen LogP contribution is 2.60. The molecule has 3 heterocycles. The van der Waals surface area contributed by atoms with Crippen molar-refractivity contribution in [2.45, 2.75) is 63.2 Å². The number of aromatic nitrogens is 3. The quantitative estimate of drug-likeness (QED) is 0.334. The molecule has 6 rings (SSSR count). The first-order valence-corrected chi connectivity index (χ1v) is 15.3. The van der Waals surface area contributed by atoms with Crippen LogP contribution in [-0.2, 0) is 23.3 Å². The van der Waals surface area contributed by atoms with E-state index in [9.17, 15) is 32.7 Å². The summed E-state index contributed by atoms with van der Waals surface area (Å²) in [5.41, 5.74) is -3.35. The maximum atomic E-state index is 15.4. The van der Waals surface area contributed by atoms with E-state index in [0.717, 1.165) is 11.1 Å². The molecule has 15 heteroatoms. The summed E-state index contributed by atoms with van der Waals surface area (Å²) in [5, 5.41) is 18.5. The van der Waals surface area contributed by atoms with Gasteiger partial charge in [0.15, 0.2) is 0 Å². The van der Waals surface area contributed by atoms with Crippen LogP contribution in [0.15, 0.2) is 60.1 Å². The molecule has 1 saturated carbocycles. The molecule has 3 aromatic rings. The van der Waals surface area contributed by atoms with E-state index in [1.807, 2.05) is 0 Å². The van der Waals surface area contributed by atoms with Gasteiger partial charge in [0, 0.05) is 30.1 Å². The number of halogens is 5. The molecule has 10 nitrogen and oxygen atoms in total. The monoisotopic (exact) mass is 672 g/mol. The minimum atomic E-state index is -4.66. The lowest BCUT2D eigenvalue weighted by Gasteiger charge is -2.31. The summed E-state index contributed by atoms with van der Waals surface area (Å²) in [6.45, 7) is 5.05. The van der Waals surface area contributed by atoms with Crippen molar-refractivity contribution in [1.82, 2.24) is 24.7 Å². The SMILES string of the molecule is C=C1CC(C(=O)N2CCn3ncnc3C2)CCC/C(c2ccc(C(=O)O)cc2F)=N\N1C(=O)c1c(Cl)cccc1C1(C(F)(F)F)CC1. The third kappa shape index (κ3) is 6.01. The summed E-state index contributed by atoms with van der Waals surface area (Å²) in [4.78, 5) is 45.4. The van der Waals surface area contributed by atoms with E-state index in [1.54, 1.807) is 9.58 Å². The molecular weight excluding hydrogens is 644 g/mol. The van der Waals surface area contributed by atoms with E-state index in [1.165, 1.54) is 36.7 Å². The van der Waals surface area contributed by atoms with Crippen molar-refractivity contribution in [3.63, 3.8) is 0 Å². The van der Waals surface area contributed by atoms with E-state index < -0.39 is 40.8 Å². The van der Waals surface area contributed by atoms with Crippen molar-refractivity contribution >= 4 is 35.1 Å². The minimum absolute atomic E-state index is 0.00165. The van der Waals surface area contributed by atoms with Gasteiger partial charge in [0.25, 0.3) is 5.91 Å². The number of hydrogen-bond donors (Lipinski definition) is 1. The van der Waals surface area contributed by atoms with Gasteiger partial charge in [-0.3, -0.25) is 9.59 Å². The Morgan fingerprint density at radius 1 is 1.11 bits per heavy atom. The second kappa shape index (κ2) is 12.2. The molecule has 1 atom stereocenters. The number of fused-ring (bicyclic) bond motifs is 1. The van der Waals surface area contributed by atoms with E-state index in [2.05, 4.69) is 21.8 Å². The summed E-state index contributed by atoms with van der Waals surface area (Å²) in [5.74, 6) is -3.60. The number of rotatable bonds is 5. The molecule has 47 heavy (non-hydrogen) atoms. The number of hydrogen-bond acceptors (Lipinski definition) is 6. The van der Waals surface area contributed by atoms with E-state index in [-0.39, 0.29) is 71.3 Å². The smallest absolute Gasteiger partial charge is 0.398 e. The lowest BCUT2D eigenvalue weighted by Crippen LogP contribution is -2.42. The highest BCUT2D eigenvalue weighted by Gasteiger charge is 2.65. The van der Waals surface area contributed by atoms with Crippen LogP contribution in [0.4, 0.5) is 17.6 Å². The van der Waals surface area contributed by atoms with Crippen molar-refractivity contribution in [1.29, 1.82) is 0 Å². The molecule has 2 aromatic carbocycles. The summed E-state index contributed by atoms with van der Waals surface area (Å²) in [7, 11) is 0. The average molecular weight is 673 g/mol. The number of nitrogens with zero attached hydrogens (tertiary/aromatic N) is 6. The van der Waals surface area contributed by atoms with Crippen molar-refractivity contribution in [3.8, 4) is 0 Å². The van der Waals surface area contributed by atoms with Gasteiger partial charge in [-0.15, -0.1) is 0 Å². The average Bonchev–Trinajstić information content (AvgIpc) is 3.71. The Kier molecular flexibility index (Phi) is 8.41. The summed E-state index contributed by atoms with van der Waals surface area (Å²) < 4.78 is 60.0. The highest BCUT2D eigenvalue weighted by atomic mass is 35.5. The first-order valence-electron chi connectivity index (χ1n) is 14.9. The molecule has 0 bridgehead atoms. The standard InChI is InChI=1S/C32H29ClF4N6O4/c1-18-14-19(28(44)41-12-13-42-26(16-41)38-17-39-42)4-2-7-25(21-9-8-20(30(46)47)15-24(21)34)40-43(18)29(45)27-22(5-3-6-23(27)33)31(10-11-31)32(35,36)37/h3,5-6,8-9,15,17,19H,1-2,4,7,10-14,16H2,(H,46,47)/b40-25+. The molecule has 2 aliphatic heterocycles. The van der Waals surface area contributed by atoms with Crippen LogP contribution in [0.1, 0.15) is 76.2 Å². The molecule has 1 fully saturated rings. The fourth-order valence-corrected chi connectivity index (χ4v) is 6.54. The molecule has 1 aromatic heterocycles. The van der Waals surface area contributed by atoms with Crippen molar-refractivity contribution in [2.75, 3.05) is 6.54 Å². The Morgan fingerprint density at radius 3 is 2.55 bits per heavy atom. The van der Waals surface area contributed by atoms with Gasteiger partial charge in [0.05, 0.1) is 40.4 Å². The van der Waals surface area contributed by atoms with Crippen molar-refractivity contribution in [2.24, 2.45) is 11.0 Å². The van der Waals surface area contributed by atoms with Crippen LogP contribution in [0.5, 0.6) is 0 Å². The topological polar surface area (TPSA) is 121 Å². The fourth-order valence-electron chi connectivity index (χ4n) is 6.29. The normalized spacial score (nSPS) is 20.7. The predicted molar refractivity (Wildman–Crippen MR) is 161 cm³/mol. The molecule has 3 aliphatic rings. The second-order valence-electron chi connectivity index (χ2n) is 11.9. The molecule has 0 saturated heterocycles. The zero-order valence-corrected chi connectivity index (χ0v) is 25.7. The number of carboxylic acids is 1. The Labute approximate surface area is 271 Å². The summed E-state index contributed by atoms with van der Waals surface area (Å²) in [6, 6.07) is 7.09. The maximum absolute atomic E-state index is 15.4. The van der Waals surface area contributed by atoms with Crippen LogP contribution in [0.25, 0.3) is 0 Å². The molecule has 246 valence electrons.